The minimum absolute atomic E-state index is 0.0721. The van der Waals surface area contributed by atoms with Crippen LogP contribution in [0, 0.1) is 11.7 Å². The number of esters is 1. The quantitative estimate of drug-likeness (QED) is 0.635. The van der Waals surface area contributed by atoms with Gasteiger partial charge in [-0.05, 0) is 44.0 Å². The zero-order valence-corrected chi connectivity index (χ0v) is 18.2. The molecular weight excluding hydrogens is 423 g/mol. The number of amides is 1. The minimum Gasteiger partial charge on any atom is -0.452 e. The molecule has 3 rings (SSSR count). The summed E-state index contributed by atoms with van der Waals surface area (Å²) in [5.74, 6) is -2.23. The van der Waals surface area contributed by atoms with Crippen molar-refractivity contribution in [3.63, 3.8) is 0 Å². The summed E-state index contributed by atoms with van der Waals surface area (Å²) in [5, 5.41) is 0. The van der Waals surface area contributed by atoms with Crippen LogP contribution in [-0.2, 0) is 24.3 Å². The molecule has 2 aromatic rings. The normalized spacial score (nSPS) is 16.5. The van der Waals surface area contributed by atoms with E-state index in [0.29, 0.717) is 5.69 Å². The summed E-state index contributed by atoms with van der Waals surface area (Å²) in [7, 11) is -2.37. The van der Waals surface area contributed by atoms with Crippen molar-refractivity contribution in [2.45, 2.75) is 30.8 Å². The minimum atomic E-state index is -3.97. The third-order valence-electron chi connectivity index (χ3n) is 5.36. The van der Waals surface area contributed by atoms with E-state index in [4.69, 9.17) is 4.74 Å². The van der Waals surface area contributed by atoms with Crippen molar-refractivity contribution in [3.05, 3.63) is 60.4 Å². The molecule has 0 radical (unpaired) electrons. The molecular formula is C22H25FN2O5S. The van der Waals surface area contributed by atoms with Crippen LogP contribution >= 0.6 is 0 Å². The number of rotatable bonds is 6. The number of ether oxygens (including phenoxy) is 1. The summed E-state index contributed by atoms with van der Waals surface area (Å²) in [6.07, 6.45) is -0.498. The maximum absolute atomic E-state index is 13.9. The smallest absolute Gasteiger partial charge is 0.309 e. The van der Waals surface area contributed by atoms with Gasteiger partial charge in [-0.25, -0.2) is 12.8 Å². The molecule has 1 aliphatic heterocycles. The fourth-order valence-electron chi connectivity index (χ4n) is 3.50. The zero-order valence-electron chi connectivity index (χ0n) is 17.4. The van der Waals surface area contributed by atoms with Crippen LogP contribution in [-0.4, -0.2) is 50.8 Å². The molecule has 1 amide bonds. The van der Waals surface area contributed by atoms with Crippen LogP contribution in [0.3, 0.4) is 0 Å². The Morgan fingerprint density at radius 2 is 1.65 bits per heavy atom. The lowest BCUT2D eigenvalue weighted by atomic mass is 9.98. The predicted octanol–water partition coefficient (Wildman–Crippen LogP) is 2.82. The topological polar surface area (TPSA) is 84.0 Å². The van der Waals surface area contributed by atoms with E-state index in [0.717, 1.165) is 6.07 Å². The molecule has 1 aliphatic rings. The number of benzene rings is 2. The lowest BCUT2D eigenvalue weighted by molar-refractivity contribution is -0.159. The number of halogens is 1. The van der Waals surface area contributed by atoms with Crippen LogP contribution in [0.15, 0.2) is 59.5 Å². The van der Waals surface area contributed by atoms with Crippen molar-refractivity contribution in [2.24, 2.45) is 5.92 Å². The Balaban J connectivity index is 1.56. The van der Waals surface area contributed by atoms with Gasteiger partial charge < -0.3 is 9.64 Å². The lowest BCUT2D eigenvalue weighted by Crippen LogP contribution is -2.43. The fraction of sp³-hybridized carbons (Fsp3) is 0.364. The molecule has 0 bridgehead atoms. The Kier molecular flexibility index (Phi) is 7.07. The largest absolute Gasteiger partial charge is 0.452 e. The highest BCUT2D eigenvalue weighted by atomic mass is 32.2. The van der Waals surface area contributed by atoms with Crippen LogP contribution in [0.5, 0.6) is 0 Å². The van der Waals surface area contributed by atoms with E-state index in [2.05, 4.69) is 0 Å². The first-order chi connectivity index (χ1) is 14.7. The van der Waals surface area contributed by atoms with Gasteiger partial charge in [0.2, 0.25) is 10.0 Å². The van der Waals surface area contributed by atoms with Crippen LogP contribution in [0.2, 0.25) is 0 Å². The molecule has 166 valence electrons. The van der Waals surface area contributed by atoms with Gasteiger partial charge in [-0.15, -0.1) is 0 Å². The van der Waals surface area contributed by atoms with Crippen molar-refractivity contribution < 1.29 is 27.1 Å². The van der Waals surface area contributed by atoms with E-state index in [1.54, 1.807) is 31.3 Å². The highest BCUT2D eigenvalue weighted by Crippen LogP contribution is 2.26. The number of sulfonamides is 1. The summed E-state index contributed by atoms with van der Waals surface area (Å²) < 4.78 is 45.8. The molecule has 1 atom stereocenters. The summed E-state index contributed by atoms with van der Waals surface area (Å²) in [6.45, 7) is 1.66. The SMILES string of the molecule is CC(OC(=O)C1CCN(S(=O)(=O)c2ccccc2F)CC1)C(=O)N(C)c1ccccc1. The molecule has 0 spiro atoms. The highest BCUT2D eigenvalue weighted by molar-refractivity contribution is 7.89. The number of piperidine rings is 1. The van der Waals surface area contributed by atoms with Crippen molar-refractivity contribution >= 4 is 27.6 Å². The number of anilines is 1. The maximum atomic E-state index is 13.9. The molecule has 0 aromatic heterocycles. The van der Waals surface area contributed by atoms with Gasteiger partial charge in [-0.1, -0.05) is 30.3 Å². The third kappa shape index (κ3) is 5.11. The first-order valence-corrected chi connectivity index (χ1v) is 11.4. The van der Waals surface area contributed by atoms with Gasteiger partial charge in [0.25, 0.3) is 5.91 Å². The number of likely N-dealkylation sites (N-methyl/N-ethyl adjacent to an activating group) is 1. The molecule has 7 nitrogen and oxygen atoms in total. The van der Waals surface area contributed by atoms with Crippen LogP contribution in [0.25, 0.3) is 0 Å². The first-order valence-electron chi connectivity index (χ1n) is 9.99. The molecule has 1 unspecified atom stereocenters. The molecule has 0 saturated carbocycles. The van der Waals surface area contributed by atoms with E-state index in [1.807, 2.05) is 6.07 Å². The first kappa shape index (κ1) is 22.9. The molecule has 0 aliphatic carbocycles. The predicted molar refractivity (Wildman–Crippen MR) is 113 cm³/mol. The van der Waals surface area contributed by atoms with Crippen molar-refractivity contribution in [3.8, 4) is 0 Å². The Hall–Kier alpha value is -2.78. The fourth-order valence-corrected chi connectivity index (χ4v) is 5.03. The second kappa shape index (κ2) is 9.57. The molecule has 31 heavy (non-hydrogen) atoms. The van der Waals surface area contributed by atoms with Gasteiger partial charge in [0, 0.05) is 25.8 Å². The maximum Gasteiger partial charge on any atom is 0.309 e. The average Bonchev–Trinajstić information content (AvgIpc) is 2.78. The summed E-state index contributed by atoms with van der Waals surface area (Å²) >= 11 is 0. The van der Waals surface area contributed by atoms with Gasteiger partial charge >= 0.3 is 5.97 Å². The van der Waals surface area contributed by atoms with Crippen molar-refractivity contribution in [2.75, 3.05) is 25.0 Å². The van der Waals surface area contributed by atoms with Crippen LogP contribution < -0.4 is 4.90 Å². The summed E-state index contributed by atoms with van der Waals surface area (Å²) in [5.41, 5.74) is 0.682. The lowest BCUT2D eigenvalue weighted by Gasteiger charge is -2.31. The molecule has 1 heterocycles. The van der Waals surface area contributed by atoms with Gasteiger partial charge in [0.05, 0.1) is 5.92 Å². The number of hydrogen-bond donors (Lipinski definition) is 0. The number of carbonyl (C=O) groups excluding carboxylic acids is 2. The monoisotopic (exact) mass is 448 g/mol. The Morgan fingerprint density at radius 3 is 2.26 bits per heavy atom. The average molecular weight is 449 g/mol. The van der Waals surface area contributed by atoms with E-state index >= 15 is 0 Å². The molecule has 1 fully saturated rings. The Morgan fingerprint density at radius 1 is 1.06 bits per heavy atom. The van der Waals surface area contributed by atoms with Gasteiger partial charge in [-0.3, -0.25) is 9.59 Å². The number of carbonyl (C=O) groups is 2. The van der Waals surface area contributed by atoms with Gasteiger partial charge in [-0.2, -0.15) is 4.31 Å². The van der Waals surface area contributed by atoms with Crippen LogP contribution in [0.1, 0.15) is 19.8 Å². The molecule has 1 saturated heterocycles. The Bertz CT molecular complexity index is 1040. The zero-order chi connectivity index (χ0) is 22.6. The molecule has 9 heteroatoms. The number of nitrogens with zero attached hydrogens (tertiary/aromatic N) is 2. The van der Waals surface area contributed by atoms with E-state index < -0.39 is 33.8 Å². The van der Waals surface area contributed by atoms with Crippen molar-refractivity contribution in [1.29, 1.82) is 0 Å². The second-order valence-electron chi connectivity index (χ2n) is 7.42. The van der Waals surface area contributed by atoms with Crippen molar-refractivity contribution in [1.82, 2.24) is 4.31 Å². The summed E-state index contributed by atoms with van der Waals surface area (Å²) in [4.78, 5) is 26.1. The molecule has 0 N–H and O–H groups in total. The number of hydrogen-bond acceptors (Lipinski definition) is 5. The van der Waals surface area contributed by atoms with E-state index in [1.165, 1.54) is 34.3 Å². The summed E-state index contributed by atoms with van der Waals surface area (Å²) in [6, 6.07) is 14.2. The van der Waals surface area contributed by atoms with E-state index in [9.17, 15) is 22.4 Å². The van der Waals surface area contributed by atoms with E-state index in [-0.39, 0.29) is 36.7 Å². The highest BCUT2D eigenvalue weighted by Gasteiger charge is 2.35. The standard InChI is InChI=1S/C22H25FN2O5S/c1-16(21(26)24(2)18-8-4-3-5-9-18)30-22(27)17-12-14-25(15-13-17)31(28,29)20-11-7-6-10-19(20)23/h3-11,16-17H,12-15H2,1-2H3. The van der Waals surface area contributed by atoms with Gasteiger partial charge in [0.1, 0.15) is 10.7 Å². The molecule has 2 aromatic carbocycles. The third-order valence-corrected chi connectivity index (χ3v) is 7.29. The van der Waals surface area contributed by atoms with Crippen LogP contribution in [0.4, 0.5) is 10.1 Å². The number of para-hydroxylation sites is 1. The Labute approximate surface area is 181 Å². The van der Waals surface area contributed by atoms with Gasteiger partial charge in [0.15, 0.2) is 6.10 Å². The second-order valence-corrected chi connectivity index (χ2v) is 9.33.